The molecule has 8 heteroatoms. The van der Waals surface area contributed by atoms with Gasteiger partial charge in [-0.05, 0) is 55.2 Å². The summed E-state index contributed by atoms with van der Waals surface area (Å²) in [6.07, 6.45) is 4.52. The molecule has 0 bridgehead atoms. The molecule has 2 aromatic carbocycles. The van der Waals surface area contributed by atoms with Crippen LogP contribution in [0.3, 0.4) is 0 Å². The van der Waals surface area contributed by atoms with Crippen molar-refractivity contribution in [3.8, 4) is 5.75 Å². The van der Waals surface area contributed by atoms with E-state index in [4.69, 9.17) is 4.74 Å². The zero-order valence-corrected chi connectivity index (χ0v) is 18.5. The van der Waals surface area contributed by atoms with Crippen molar-refractivity contribution in [2.45, 2.75) is 43.9 Å². The minimum Gasteiger partial charge on any atom is -0.427 e. The van der Waals surface area contributed by atoms with Gasteiger partial charge in [-0.25, -0.2) is 8.42 Å². The molecule has 0 aromatic heterocycles. The van der Waals surface area contributed by atoms with Crippen molar-refractivity contribution in [1.82, 2.24) is 9.62 Å². The van der Waals surface area contributed by atoms with E-state index < -0.39 is 16.0 Å². The van der Waals surface area contributed by atoms with Crippen molar-refractivity contribution in [3.05, 3.63) is 59.7 Å². The van der Waals surface area contributed by atoms with Gasteiger partial charge in [-0.15, -0.1) is 0 Å². The lowest BCUT2D eigenvalue weighted by atomic mass is 10.1. The van der Waals surface area contributed by atoms with Crippen LogP contribution in [0.4, 0.5) is 0 Å². The lowest BCUT2D eigenvalue weighted by Crippen LogP contribution is -2.31. The summed E-state index contributed by atoms with van der Waals surface area (Å²) in [5.41, 5.74) is 1.33. The van der Waals surface area contributed by atoms with E-state index in [9.17, 15) is 18.0 Å². The Morgan fingerprint density at radius 1 is 1.00 bits per heavy atom. The van der Waals surface area contributed by atoms with E-state index in [1.165, 1.54) is 13.0 Å². The fourth-order valence-electron chi connectivity index (χ4n) is 3.55. The Bertz CT molecular complexity index is 1010. The van der Waals surface area contributed by atoms with Crippen molar-refractivity contribution in [3.63, 3.8) is 0 Å². The van der Waals surface area contributed by atoms with Gasteiger partial charge in [0, 0.05) is 32.1 Å². The van der Waals surface area contributed by atoms with E-state index in [1.807, 2.05) is 0 Å². The van der Waals surface area contributed by atoms with Crippen LogP contribution in [0.15, 0.2) is 53.4 Å². The number of nitrogens with zero attached hydrogens (tertiary/aromatic N) is 1. The van der Waals surface area contributed by atoms with Crippen LogP contribution in [0.5, 0.6) is 5.75 Å². The summed E-state index contributed by atoms with van der Waals surface area (Å²) in [6.45, 7) is 2.86. The molecule has 166 valence electrons. The van der Waals surface area contributed by atoms with E-state index in [1.54, 1.807) is 46.8 Å². The molecule has 1 amide bonds. The van der Waals surface area contributed by atoms with E-state index in [0.717, 1.165) is 31.2 Å². The first-order valence-corrected chi connectivity index (χ1v) is 12.0. The van der Waals surface area contributed by atoms with Crippen molar-refractivity contribution < 1.29 is 22.7 Å². The maximum Gasteiger partial charge on any atom is 0.308 e. The van der Waals surface area contributed by atoms with Crippen LogP contribution in [0, 0.1) is 0 Å². The standard InChI is InChI=1S/C23H28N2O5S/c1-18(26)30-21-8-6-7-20(17-21)23(27)24-14-13-19-9-11-22(12-10-19)31(28,29)25-15-4-2-3-5-16-25/h6-12,17H,2-5,13-16H2,1H3,(H,24,27). The molecule has 1 aliphatic heterocycles. The molecule has 7 nitrogen and oxygen atoms in total. The largest absolute Gasteiger partial charge is 0.427 e. The zero-order valence-electron chi connectivity index (χ0n) is 17.7. The maximum atomic E-state index is 12.8. The maximum absolute atomic E-state index is 12.8. The molecule has 1 heterocycles. The highest BCUT2D eigenvalue weighted by Crippen LogP contribution is 2.21. The van der Waals surface area contributed by atoms with Gasteiger partial charge in [0.2, 0.25) is 10.0 Å². The second-order valence-corrected chi connectivity index (χ2v) is 9.53. The van der Waals surface area contributed by atoms with Gasteiger partial charge >= 0.3 is 5.97 Å². The van der Waals surface area contributed by atoms with Crippen molar-refractivity contribution in [1.29, 1.82) is 0 Å². The van der Waals surface area contributed by atoms with Crippen LogP contribution >= 0.6 is 0 Å². The number of benzene rings is 2. The van der Waals surface area contributed by atoms with E-state index in [0.29, 0.717) is 42.3 Å². The quantitative estimate of drug-likeness (QED) is 0.523. The average Bonchev–Trinajstić information content (AvgIpc) is 3.04. The van der Waals surface area contributed by atoms with Gasteiger partial charge in [-0.3, -0.25) is 9.59 Å². The summed E-state index contributed by atoms with van der Waals surface area (Å²) in [5, 5.41) is 2.83. The Morgan fingerprint density at radius 3 is 2.32 bits per heavy atom. The third-order valence-electron chi connectivity index (χ3n) is 5.18. The number of hydrogen-bond donors (Lipinski definition) is 1. The number of nitrogens with one attached hydrogen (secondary N) is 1. The molecule has 1 aliphatic rings. The SMILES string of the molecule is CC(=O)Oc1cccc(C(=O)NCCc2ccc(S(=O)(=O)N3CCCCCC3)cc2)c1. The first kappa shape index (κ1) is 23.0. The lowest BCUT2D eigenvalue weighted by Gasteiger charge is -2.20. The van der Waals surface area contributed by atoms with Crippen molar-refractivity contribution >= 4 is 21.9 Å². The number of rotatable bonds is 7. The Labute approximate surface area is 183 Å². The van der Waals surface area contributed by atoms with Gasteiger partial charge in [0.05, 0.1) is 4.90 Å². The number of ether oxygens (including phenoxy) is 1. The van der Waals surface area contributed by atoms with Crippen LogP contribution in [-0.2, 0) is 21.2 Å². The molecule has 0 atom stereocenters. The second kappa shape index (κ2) is 10.5. The summed E-state index contributed by atoms with van der Waals surface area (Å²) in [5.74, 6) is -0.394. The van der Waals surface area contributed by atoms with Gasteiger partial charge in [-0.2, -0.15) is 4.31 Å². The molecule has 0 aliphatic carbocycles. The highest BCUT2D eigenvalue weighted by molar-refractivity contribution is 7.89. The van der Waals surface area contributed by atoms with Crippen LogP contribution in [-0.4, -0.2) is 44.2 Å². The number of amides is 1. The molecular formula is C23H28N2O5S. The molecule has 0 saturated carbocycles. The van der Waals surface area contributed by atoms with E-state index in [-0.39, 0.29) is 5.91 Å². The fraction of sp³-hybridized carbons (Fsp3) is 0.391. The molecule has 1 saturated heterocycles. The molecule has 1 N–H and O–H groups in total. The Morgan fingerprint density at radius 2 is 1.68 bits per heavy atom. The van der Waals surface area contributed by atoms with Gasteiger partial charge in [0.15, 0.2) is 0 Å². The van der Waals surface area contributed by atoms with Gasteiger partial charge < -0.3 is 10.1 Å². The Kier molecular flexibility index (Phi) is 7.81. The summed E-state index contributed by atoms with van der Waals surface area (Å²) in [7, 11) is -3.46. The summed E-state index contributed by atoms with van der Waals surface area (Å²) < 4.78 is 32.3. The predicted octanol–water partition coefficient (Wildman–Crippen LogP) is 3.15. The minimum atomic E-state index is -3.46. The van der Waals surface area contributed by atoms with Gasteiger partial charge in [-0.1, -0.05) is 31.0 Å². The molecule has 0 spiro atoms. The van der Waals surface area contributed by atoms with Crippen LogP contribution < -0.4 is 10.1 Å². The number of sulfonamides is 1. The first-order valence-electron chi connectivity index (χ1n) is 10.5. The molecule has 3 rings (SSSR count). The molecule has 2 aromatic rings. The Hall–Kier alpha value is -2.71. The first-order chi connectivity index (χ1) is 14.9. The van der Waals surface area contributed by atoms with Crippen LogP contribution in [0.2, 0.25) is 0 Å². The number of carbonyl (C=O) groups excluding carboxylic acids is 2. The third-order valence-corrected chi connectivity index (χ3v) is 7.10. The summed E-state index contributed by atoms with van der Waals surface area (Å²) in [4.78, 5) is 23.7. The molecule has 1 fully saturated rings. The smallest absolute Gasteiger partial charge is 0.308 e. The van der Waals surface area contributed by atoms with Crippen molar-refractivity contribution in [2.75, 3.05) is 19.6 Å². The van der Waals surface area contributed by atoms with Gasteiger partial charge in [0.25, 0.3) is 5.91 Å². The number of carbonyl (C=O) groups is 2. The molecule has 0 unspecified atom stereocenters. The monoisotopic (exact) mass is 444 g/mol. The van der Waals surface area contributed by atoms with E-state index >= 15 is 0 Å². The average molecular weight is 445 g/mol. The topological polar surface area (TPSA) is 92.8 Å². The van der Waals surface area contributed by atoms with E-state index in [2.05, 4.69) is 5.32 Å². The highest BCUT2D eigenvalue weighted by Gasteiger charge is 2.24. The molecular weight excluding hydrogens is 416 g/mol. The Balaban J connectivity index is 1.54. The number of esters is 1. The van der Waals surface area contributed by atoms with Crippen LogP contribution in [0.1, 0.15) is 48.5 Å². The minimum absolute atomic E-state index is 0.269. The van der Waals surface area contributed by atoms with Crippen molar-refractivity contribution in [2.24, 2.45) is 0 Å². The lowest BCUT2D eigenvalue weighted by molar-refractivity contribution is -0.131. The second-order valence-electron chi connectivity index (χ2n) is 7.59. The third kappa shape index (κ3) is 6.38. The zero-order chi connectivity index (χ0) is 22.3. The molecule has 0 radical (unpaired) electrons. The number of hydrogen-bond acceptors (Lipinski definition) is 5. The van der Waals surface area contributed by atoms with Gasteiger partial charge in [0.1, 0.15) is 5.75 Å². The summed E-state index contributed by atoms with van der Waals surface area (Å²) in [6, 6.07) is 13.3. The predicted molar refractivity (Wildman–Crippen MR) is 117 cm³/mol. The normalized spacial score (nSPS) is 15.1. The fourth-order valence-corrected chi connectivity index (χ4v) is 5.07. The summed E-state index contributed by atoms with van der Waals surface area (Å²) >= 11 is 0. The molecule has 31 heavy (non-hydrogen) atoms. The highest BCUT2D eigenvalue weighted by atomic mass is 32.2. The van der Waals surface area contributed by atoms with Crippen LogP contribution in [0.25, 0.3) is 0 Å².